The van der Waals surface area contributed by atoms with Gasteiger partial charge in [-0.25, -0.2) is 4.68 Å². The number of nitrogens with zero attached hydrogens (tertiary/aromatic N) is 3. The normalized spacial score (nSPS) is 16.4. The number of hydrogen-bond donors (Lipinski definition) is 1. The highest BCUT2D eigenvalue weighted by atomic mass is 35.5. The second-order valence-corrected chi connectivity index (χ2v) is 5.71. The summed E-state index contributed by atoms with van der Waals surface area (Å²) in [6, 6.07) is 0. The van der Waals surface area contributed by atoms with Crippen molar-refractivity contribution in [3.63, 3.8) is 0 Å². The third kappa shape index (κ3) is 4.58. The van der Waals surface area contributed by atoms with Crippen LogP contribution in [-0.4, -0.2) is 40.9 Å². The van der Waals surface area contributed by atoms with Crippen LogP contribution in [0, 0.1) is 0 Å². The van der Waals surface area contributed by atoms with Gasteiger partial charge >= 0.3 is 0 Å². The Bertz CT molecular complexity index is 521. The molecule has 0 saturated carbocycles. The van der Waals surface area contributed by atoms with E-state index in [9.17, 15) is 4.79 Å². The van der Waals surface area contributed by atoms with Crippen LogP contribution < -0.4 is 10.9 Å². The quantitative estimate of drug-likeness (QED) is 0.820. The fourth-order valence-corrected chi connectivity index (χ4v) is 2.76. The van der Waals surface area contributed by atoms with E-state index in [-0.39, 0.29) is 10.6 Å². The van der Waals surface area contributed by atoms with Crippen molar-refractivity contribution in [3.8, 4) is 0 Å². The highest BCUT2D eigenvalue weighted by Crippen LogP contribution is 2.15. The largest absolute Gasteiger partial charge is 0.381 e. The maximum Gasteiger partial charge on any atom is 0.287 e. The molecule has 0 atom stereocenters. The molecular formula is C15H23ClN4O. The molecule has 2 rings (SSSR count). The van der Waals surface area contributed by atoms with Crippen molar-refractivity contribution in [3.05, 3.63) is 34.2 Å². The van der Waals surface area contributed by atoms with Crippen LogP contribution in [0.3, 0.4) is 0 Å². The predicted octanol–water partition coefficient (Wildman–Crippen LogP) is 2.37. The number of halogens is 1. The number of likely N-dealkylation sites (tertiary alicyclic amines) is 1. The second kappa shape index (κ2) is 8.20. The van der Waals surface area contributed by atoms with Crippen LogP contribution >= 0.6 is 11.6 Å². The molecule has 0 aliphatic carbocycles. The predicted molar refractivity (Wildman–Crippen MR) is 87.1 cm³/mol. The third-order valence-electron chi connectivity index (χ3n) is 3.73. The zero-order valence-electron chi connectivity index (χ0n) is 12.4. The van der Waals surface area contributed by atoms with Gasteiger partial charge in [0.15, 0.2) is 0 Å². The lowest BCUT2D eigenvalue weighted by Gasteiger charge is -2.20. The minimum Gasteiger partial charge on any atom is -0.381 e. The number of anilines is 1. The summed E-state index contributed by atoms with van der Waals surface area (Å²) in [6.07, 6.45) is 8.45. The average Bonchev–Trinajstić information content (AvgIpc) is 2.75. The molecule has 0 amide bonds. The minimum absolute atomic E-state index is 0.197. The Kier molecular flexibility index (Phi) is 6.26. The van der Waals surface area contributed by atoms with E-state index in [1.165, 1.54) is 30.4 Å². The van der Waals surface area contributed by atoms with Crippen molar-refractivity contribution < 1.29 is 0 Å². The summed E-state index contributed by atoms with van der Waals surface area (Å²) >= 11 is 6.10. The van der Waals surface area contributed by atoms with Gasteiger partial charge in [0.1, 0.15) is 5.02 Å². The fraction of sp³-hybridized carbons (Fsp3) is 0.600. The molecule has 0 unspecified atom stereocenters. The number of allylic oxidation sites excluding steroid dienone is 1. The lowest BCUT2D eigenvalue weighted by molar-refractivity contribution is 0.296. The Morgan fingerprint density at radius 2 is 2.05 bits per heavy atom. The molecule has 5 nitrogen and oxygen atoms in total. The molecule has 6 heteroatoms. The Labute approximate surface area is 130 Å². The van der Waals surface area contributed by atoms with Gasteiger partial charge in [-0.05, 0) is 25.9 Å². The first-order chi connectivity index (χ1) is 10.2. The summed E-state index contributed by atoms with van der Waals surface area (Å²) in [5, 5.41) is 7.49. The van der Waals surface area contributed by atoms with E-state index in [1.54, 1.807) is 12.3 Å². The van der Waals surface area contributed by atoms with Gasteiger partial charge in [-0.2, -0.15) is 5.10 Å². The average molecular weight is 311 g/mol. The van der Waals surface area contributed by atoms with Gasteiger partial charge in [-0.3, -0.25) is 4.79 Å². The van der Waals surface area contributed by atoms with Crippen LogP contribution in [-0.2, 0) is 6.54 Å². The minimum atomic E-state index is -0.281. The lowest BCUT2D eigenvalue weighted by Crippen LogP contribution is -2.30. The Morgan fingerprint density at radius 3 is 2.71 bits per heavy atom. The summed E-state index contributed by atoms with van der Waals surface area (Å²) < 4.78 is 1.30. The Balaban J connectivity index is 1.89. The Morgan fingerprint density at radius 1 is 1.33 bits per heavy atom. The molecular weight excluding hydrogens is 288 g/mol. The van der Waals surface area contributed by atoms with E-state index in [2.05, 4.69) is 21.9 Å². The van der Waals surface area contributed by atoms with Crippen molar-refractivity contribution >= 4 is 17.3 Å². The van der Waals surface area contributed by atoms with Gasteiger partial charge < -0.3 is 10.2 Å². The first-order valence-electron chi connectivity index (χ1n) is 7.55. The standard InChI is InChI=1S/C15H23ClN4O/c1-2-8-20-15(21)14(16)13(12-18-20)17-7-11-19-9-5-3-4-6-10-19/h2,12,17H,1,3-11H2. The van der Waals surface area contributed by atoms with E-state index in [0.717, 1.165) is 26.2 Å². The van der Waals surface area contributed by atoms with Crippen LogP contribution in [0.5, 0.6) is 0 Å². The molecule has 1 N–H and O–H groups in total. The van der Waals surface area contributed by atoms with Gasteiger partial charge in [-0.1, -0.05) is 30.5 Å². The molecule has 1 aliphatic heterocycles. The maximum atomic E-state index is 12.0. The molecule has 1 aromatic rings. The molecule has 0 radical (unpaired) electrons. The van der Waals surface area contributed by atoms with Crippen molar-refractivity contribution in [2.24, 2.45) is 0 Å². The van der Waals surface area contributed by atoms with E-state index in [1.807, 2.05) is 0 Å². The summed E-state index contributed by atoms with van der Waals surface area (Å²) in [6.45, 7) is 8.02. The number of aromatic nitrogens is 2. The SMILES string of the molecule is C=CCn1ncc(NCCN2CCCCCC2)c(Cl)c1=O. The molecule has 2 heterocycles. The maximum absolute atomic E-state index is 12.0. The lowest BCUT2D eigenvalue weighted by atomic mass is 10.2. The zero-order valence-corrected chi connectivity index (χ0v) is 13.1. The molecule has 116 valence electrons. The summed E-state index contributed by atoms with van der Waals surface area (Å²) in [5.41, 5.74) is 0.327. The van der Waals surface area contributed by atoms with Gasteiger partial charge in [0, 0.05) is 13.1 Å². The van der Waals surface area contributed by atoms with Crippen molar-refractivity contribution in [2.75, 3.05) is 31.5 Å². The zero-order chi connectivity index (χ0) is 15.1. The van der Waals surface area contributed by atoms with E-state index in [0.29, 0.717) is 12.2 Å². The van der Waals surface area contributed by atoms with Crippen LogP contribution in [0.15, 0.2) is 23.6 Å². The molecule has 1 saturated heterocycles. The number of hydrogen-bond acceptors (Lipinski definition) is 4. The fourth-order valence-electron chi connectivity index (χ4n) is 2.55. The monoisotopic (exact) mass is 310 g/mol. The van der Waals surface area contributed by atoms with Gasteiger partial charge in [0.2, 0.25) is 0 Å². The molecule has 0 aromatic carbocycles. The van der Waals surface area contributed by atoms with E-state index in [4.69, 9.17) is 11.6 Å². The van der Waals surface area contributed by atoms with Crippen LogP contribution in [0.2, 0.25) is 5.02 Å². The van der Waals surface area contributed by atoms with Crippen molar-refractivity contribution in [1.29, 1.82) is 0 Å². The van der Waals surface area contributed by atoms with Crippen LogP contribution in [0.4, 0.5) is 5.69 Å². The molecule has 1 aliphatic rings. The first-order valence-corrected chi connectivity index (χ1v) is 7.93. The van der Waals surface area contributed by atoms with Crippen LogP contribution in [0.25, 0.3) is 0 Å². The molecule has 1 fully saturated rings. The first kappa shape index (κ1) is 16.0. The molecule has 0 bridgehead atoms. The molecule has 21 heavy (non-hydrogen) atoms. The van der Waals surface area contributed by atoms with Crippen molar-refractivity contribution in [1.82, 2.24) is 14.7 Å². The summed E-state index contributed by atoms with van der Waals surface area (Å²) in [7, 11) is 0. The third-order valence-corrected chi connectivity index (χ3v) is 4.09. The number of nitrogens with one attached hydrogen (secondary N) is 1. The van der Waals surface area contributed by atoms with E-state index < -0.39 is 0 Å². The Hall–Kier alpha value is -1.33. The van der Waals surface area contributed by atoms with E-state index >= 15 is 0 Å². The van der Waals surface area contributed by atoms with Crippen molar-refractivity contribution in [2.45, 2.75) is 32.2 Å². The van der Waals surface area contributed by atoms with Gasteiger partial charge in [-0.15, -0.1) is 6.58 Å². The molecule has 1 aromatic heterocycles. The summed E-state index contributed by atoms with van der Waals surface area (Å²) in [4.78, 5) is 14.4. The molecule has 0 spiro atoms. The van der Waals surface area contributed by atoms with Gasteiger partial charge in [0.25, 0.3) is 5.56 Å². The number of rotatable bonds is 6. The summed E-state index contributed by atoms with van der Waals surface area (Å²) in [5.74, 6) is 0. The van der Waals surface area contributed by atoms with Crippen LogP contribution in [0.1, 0.15) is 25.7 Å². The smallest absolute Gasteiger partial charge is 0.287 e. The second-order valence-electron chi connectivity index (χ2n) is 5.33. The highest BCUT2D eigenvalue weighted by Gasteiger charge is 2.10. The topological polar surface area (TPSA) is 50.2 Å². The highest BCUT2D eigenvalue weighted by molar-refractivity contribution is 6.32. The van der Waals surface area contributed by atoms with Gasteiger partial charge in [0.05, 0.1) is 18.4 Å².